The SMILES string of the molecule is Nc1ccc2c(O)cc(S(=O)(=O)O)cc2c1N=Nc1ccc(-c2ccc(N=Nc3ccc(O)c(C(=O)O)c3)cc2)cc1. The Labute approximate surface area is 238 Å². The quantitative estimate of drug-likeness (QED) is 0.0745. The van der Waals surface area contributed by atoms with Crippen molar-refractivity contribution in [2.75, 3.05) is 5.73 Å². The number of phenols is 2. The molecule has 42 heavy (non-hydrogen) atoms. The van der Waals surface area contributed by atoms with Gasteiger partial charge in [0.2, 0.25) is 0 Å². The van der Waals surface area contributed by atoms with Crippen molar-refractivity contribution in [2.45, 2.75) is 4.90 Å². The van der Waals surface area contributed by atoms with E-state index in [0.717, 1.165) is 17.2 Å². The molecule has 0 aliphatic carbocycles. The first kappa shape index (κ1) is 27.9. The fraction of sp³-hybridized carbons (Fsp3) is 0. The lowest BCUT2D eigenvalue weighted by molar-refractivity contribution is 0.0693. The van der Waals surface area contributed by atoms with Crippen LogP contribution in [0.4, 0.5) is 28.4 Å². The first-order valence-electron chi connectivity index (χ1n) is 12.1. The van der Waals surface area contributed by atoms with E-state index in [0.29, 0.717) is 11.4 Å². The van der Waals surface area contributed by atoms with Crippen LogP contribution in [0.3, 0.4) is 0 Å². The van der Waals surface area contributed by atoms with E-state index in [1.54, 1.807) is 24.3 Å². The van der Waals surface area contributed by atoms with Gasteiger partial charge in [-0.2, -0.15) is 23.8 Å². The lowest BCUT2D eigenvalue weighted by Gasteiger charge is -2.08. The third-order valence-electron chi connectivity index (χ3n) is 6.21. The van der Waals surface area contributed by atoms with Gasteiger partial charge in [0, 0.05) is 16.8 Å². The molecule has 13 heteroatoms. The molecular formula is C29H21N5O7S. The number of nitrogens with two attached hydrogens (primary N) is 1. The Kier molecular flexibility index (Phi) is 7.35. The number of nitrogen functional groups attached to an aromatic ring is 1. The summed E-state index contributed by atoms with van der Waals surface area (Å²) in [7, 11) is -4.58. The molecule has 0 fully saturated rings. The molecule has 5 rings (SSSR count). The highest BCUT2D eigenvalue weighted by molar-refractivity contribution is 7.85. The molecule has 0 atom stereocenters. The highest BCUT2D eigenvalue weighted by atomic mass is 32.2. The maximum Gasteiger partial charge on any atom is 0.339 e. The van der Waals surface area contributed by atoms with Gasteiger partial charge >= 0.3 is 5.97 Å². The summed E-state index contributed by atoms with van der Waals surface area (Å²) in [5.74, 6) is -1.99. The number of carboxylic acids is 1. The van der Waals surface area contributed by atoms with Gasteiger partial charge in [-0.1, -0.05) is 24.3 Å². The molecule has 0 heterocycles. The van der Waals surface area contributed by atoms with Crippen LogP contribution in [0.2, 0.25) is 0 Å². The van der Waals surface area contributed by atoms with Crippen LogP contribution in [0, 0.1) is 0 Å². The normalized spacial score (nSPS) is 11.9. The summed E-state index contributed by atoms with van der Waals surface area (Å²) in [4.78, 5) is 10.7. The highest BCUT2D eigenvalue weighted by Gasteiger charge is 2.16. The Hall–Kier alpha value is -5.66. The highest BCUT2D eigenvalue weighted by Crippen LogP contribution is 2.39. The van der Waals surface area contributed by atoms with E-state index in [2.05, 4.69) is 20.5 Å². The van der Waals surface area contributed by atoms with Crippen LogP contribution in [-0.4, -0.2) is 34.3 Å². The fourth-order valence-electron chi connectivity index (χ4n) is 4.07. The molecule has 0 aromatic heterocycles. The first-order valence-corrected chi connectivity index (χ1v) is 13.6. The summed E-state index contributed by atoms with van der Waals surface area (Å²) >= 11 is 0. The molecule has 0 spiro atoms. The predicted octanol–water partition coefficient (Wildman–Crippen LogP) is 7.28. The molecule has 0 radical (unpaired) electrons. The largest absolute Gasteiger partial charge is 0.507 e. The number of carbonyl (C=O) groups is 1. The average molecular weight is 584 g/mol. The van der Waals surface area contributed by atoms with Crippen molar-refractivity contribution < 1.29 is 33.1 Å². The van der Waals surface area contributed by atoms with E-state index in [1.165, 1.54) is 36.4 Å². The van der Waals surface area contributed by atoms with Crippen molar-refractivity contribution >= 4 is 55.3 Å². The monoisotopic (exact) mass is 583 g/mol. The Morgan fingerprint density at radius 3 is 1.76 bits per heavy atom. The number of benzene rings is 5. The number of azo groups is 2. The van der Waals surface area contributed by atoms with Crippen LogP contribution < -0.4 is 5.73 Å². The van der Waals surface area contributed by atoms with E-state index in [4.69, 9.17) is 10.8 Å². The van der Waals surface area contributed by atoms with Crippen molar-refractivity contribution in [3.63, 3.8) is 0 Å². The van der Waals surface area contributed by atoms with E-state index in [1.807, 2.05) is 24.3 Å². The van der Waals surface area contributed by atoms with Crippen molar-refractivity contribution in [3.05, 3.63) is 96.6 Å². The minimum Gasteiger partial charge on any atom is -0.507 e. The lowest BCUT2D eigenvalue weighted by atomic mass is 10.1. The second-order valence-electron chi connectivity index (χ2n) is 9.02. The smallest absolute Gasteiger partial charge is 0.339 e. The van der Waals surface area contributed by atoms with Crippen LogP contribution in [0.1, 0.15) is 10.4 Å². The average Bonchev–Trinajstić information content (AvgIpc) is 2.96. The number of fused-ring (bicyclic) bond motifs is 1. The topological polar surface area (TPSA) is 208 Å². The molecule has 0 saturated carbocycles. The summed E-state index contributed by atoms with van der Waals surface area (Å²) in [5.41, 5.74) is 9.15. The van der Waals surface area contributed by atoms with Gasteiger partial charge < -0.3 is 21.1 Å². The number of nitrogens with zero attached hydrogens (tertiary/aromatic N) is 4. The first-order chi connectivity index (χ1) is 20.0. The standard InChI is InChI=1S/C29H21N5O7S/c30-25-11-10-22-23(14-21(15-27(22)36)42(39,40)41)28(25)34-32-19-7-3-17(4-8-19)16-1-5-18(6-2-16)31-33-20-9-12-26(35)24(13-20)29(37)38/h1-15,35-36H,30H2,(H,37,38)(H,39,40,41). The maximum absolute atomic E-state index is 11.6. The van der Waals surface area contributed by atoms with Crippen LogP contribution in [0.25, 0.3) is 21.9 Å². The van der Waals surface area contributed by atoms with Crippen LogP contribution in [0.5, 0.6) is 11.5 Å². The van der Waals surface area contributed by atoms with Gasteiger partial charge in [-0.05, 0) is 71.8 Å². The molecule has 0 amide bonds. The van der Waals surface area contributed by atoms with Crippen molar-refractivity contribution in [1.82, 2.24) is 0 Å². The predicted molar refractivity (Wildman–Crippen MR) is 155 cm³/mol. The zero-order valence-corrected chi connectivity index (χ0v) is 22.3. The van der Waals surface area contributed by atoms with Crippen molar-refractivity contribution in [2.24, 2.45) is 20.5 Å². The van der Waals surface area contributed by atoms with Gasteiger partial charge in [-0.25, -0.2) is 4.79 Å². The molecule has 0 saturated heterocycles. The Balaban J connectivity index is 1.35. The molecule has 0 aliphatic rings. The van der Waals surface area contributed by atoms with E-state index < -0.39 is 21.0 Å². The number of aromatic hydroxyl groups is 2. The Morgan fingerprint density at radius 2 is 1.19 bits per heavy atom. The maximum atomic E-state index is 11.6. The van der Waals surface area contributed by atoms with Gasteiger partial charge in [-0.15, -0.1) is 5.11 Å². The van der Waals surface area contributed by atoms with Crippen LogP contribution >= 0.6 is 0 Å². The summed E-state index contributed by atoms with van der Waals surface area (Å²) in [6.07, 6.45) is 0. The minimum atomic E-state index is -4.58. The number of hydrogen-bond donors (Lipinski definition) is 5. The molecule has 0 bridgehead atoms. The van der Waals surface area contributed by atoms with Gasteiger partial charge in [-0.3, -0.25) is 4.55 Å². The lowest BCUT2D eigenvalue weighted by Crippen LogP contribution is -1.98. The zero-order valence-electron chi connectivity index (χ0n) is 21.4. The Bertz CT molecular complexity index is 2010. The van der Waals surface area contributed by atoms with E-state index in [9.17, 15) is 28.0 Å². The Morgan fingerprint density at radius 1 is 0.643 bits per heavy atom. The molecule has 5 aromatic carbocycles. The number of anilines is 1. The van der Waals surface area contributed by atoms with Gasteiger partial charge in [0.25, 0.3) is 10.1 Å². The molecular weight excluding hydrogens is 562 g/mol. The summed E-state index contributed by atoms with van der Waals surface area (Å²) in [5, 5.41) is 46.0. The van der Waals surface area contributed by atoms with Crippen LogP contribution in [-0.2, 0) is 10.1 Å². The summed E-state index contributed by atoms with van der Waals surface area (Å²) < 4.78 is 32.7. The molecule has 12 nitrogen and oxygen atoms in total. The molecule has 5 aromatic rings. The second kappa shape index (κ2) is 11.1. The number of aromatic carboxylic acids is 1. The summed E-state index contributed by atoms with van der Waals surface area (Å²) in [6, 6.07) is 23.3. The van der Waals surface area contributed by atoms with E-state index >= 15 is 0 Å². The third kappa shape index (κ3) is 5.91. The second-order valence-corrected chi connectivity index (χ2v) is 10.4. The van der Waals surface area contributed by atoms with E-state index in [-0.39, 0.29) is 44.9 Å². The van der Waals surface area contributed by atoms with Gasteiger partial charge in [0.15, 0.2) is 0 Å². The third-order valence-corrected chi connectivity index (χ3v) is 7.04. The van der Waals surface area contributed by atoms with Gasteiger partial charge in [0.1, 0.15) is 22.7 Å². The molecule has 210 valence electrons. The number of phenolic OH excluding ortho intramolecular Hbond substituents is 1. The molecule has 6 N–H and O–H groups in total. The fourth-order valence-corrected chi connectivity index (χ4v) is 4.60. The van der Waals surface area contributed by atoms with Crippen molar-refractivity contribution in [3.8, 4) is 22.6 Å². The minimum absolute atomic E-state index is 0.133. The van der Waals surface area contributed by atoms with Gasteiger partial charge in [0.05, 0.1) is 27.6 Å². The molecule has 0 unspecified atom stereocenters. The van der Waals surface area contributed by atoms with Crippen LogP contribution in [0.15, 0.2) is 116 Å². The van der Waals surface area contributed by atoms with Crippen molar-refractivity contribution in [1.29, 1.82) is 0 Å². The number of carboxylic acid groups (broad SMARTS) is 1. The molecule has 0 aliphatic heterocycles. The summed E-state index contributed by atoms with van der Waals surface area (Å²) in [6.45, 7) is 0. The number of rotatable bonds is 7. The number of hydrogen-bond acceptors (Lipinski definition) is 10. The zero-order chi connectivity index (χ0) is 30.0.